The van der Waals surface area contributed by atoms with Crippen LogP contribution in [0.25, 0.3) is 11.3 Å². The fourth-order valence-corrected chi connectivity index (χ4v) is 2.91. The zero-order valence-electron chi connectivity index (χ0n) is 16.6. The first-order chi connectivity index (χ1) is 12.9. The normalized spacial score (nSPS) is 11.3. The highest BCUT2D eigenvalue weighted by Crippen LogP contribution is 2.25. The Bertz CT molecular complexity index is 855. The van der Waals surface area contributed by atoms with Gasteiger partial charge in [0.1, 0.15) is 5.82 Å². The lowest BCUT2D eigenvalue weighted by Gasteiger charge is -2.25. The number of anilines is 2. The third-order valence-corrected chi connectivity index (χ3v) is 4.17. The summed E-state index contributed by atoms with van der Waals surface area (Å²) in [5.74, 6) is 1.59. The van der Waals surface area contributed by atoms with Gasteiger partial charge in [-0.05, 0) is 33.3 Å². The van der Waals surface area contributed by atoms with E-state index in [1.54, 1.807) is 0 Å². The summed E-state index contributed by atoms with van der Waals surface area (Å²) in [6.07, 6.45) is 0. The lowest BCUT2D eigenvalue weighted by Crippen LogP contribution is -2.28. The van der Waals surface area contributed by atoms with Gasteiger partial charge in [-0.3, -0.25) is 0 Å². The van der Waals surface area contributed by atoms with E-state index in [0.29, 0.717) is 0 Å². The van der Waals surface area contributed by atoms with Gasteiger partial charge >= 0.3 is 0 Å². The molecule has 0 bridgehead atoms. The molecule has 27 heavy (non-hydrogen) atoms. The SMILES string of the molecule is CCN(Cc1ccccc1)c1nc(NC(C)(C)C)cc(-c2ccccc2)n1. The smallest absolute Gasteiger partial charge is 0.228 e. The lowest BCUT2D eigenvalue weighted by atomic mass is 10.1. The van der Waals surface area contributed by atoms with Crippen molar-refractivity contribution in [1.82, 2.24) is 9.97 Å². The van der Waals surface area contributed by atoms with Crippen molar-refractivity contribution in [3.05, 3.63) is 72.3 Å². The molecule has 0 spiro atoms. The number of nitrogens with one attached hydrogen (secondary N) is 1. The predicted octanol–water partition coefficient (Wildman–Crippen LogP) is 5.38. The van der Waals surface area contributed by atoms with Gasteiger partial charge in [0.2, 0.25) is 5.95 Å². The van der Waals surface area contributed by atoms with Crippen molar-refractivity contribution in [3.8, 4) is 11.3 Å². The third-order valence-electron chi connectivity index (χ3n) is 4.17. The Morgan fingerprint density at radius 2 is 1.52 bits per heavy atom. The maximum atomic E-state index is 4.88. The van der Waals surface area contributed by atoms with Gasteiger partial charge in [0.25, 0.3) is 0 Å². The molecule has 0 radical (unpaired) electrons. The van der Waals surface area contributed by atoms with Crippen molar-refractivity contribution < 1.29 is 0 Å². The minimum atomic E-state index is -0.0734. The van der Waals surface area contributed by atoms with E-state index in [0.717, 1.165) is 36.1 Å². The second-order valence-corrected chi connectivity index (χ2v) is 7.68. The second kappa shape index (κ2) is 8.21. The van der Waals surface area contributed by atoms with Crippen LogP contribution in [0.3, 0.4) is 0 Å². The molecule has 4 heteroatoms. The average molecular weight is 361 g/mol. The van der Waals surface area contributed by atoms with Crippen LogP contribution in [0.2, 0.25) is 0 Å². The van der Waals surface area contributed by atoms with Crippen molar-refractivity contribution >= 4 is 11.8 Å². The number of benzene rings is 2. The van der Waals surface area contributed by atoms with Gasteiger partial charge in [0.05, 0.1) is 5.69 Å². The van der Waals surface area contributed by atoms with E-state index in [1.807, 2.05) is 30.3 Å². The highest BCUT2D eigenvalue weighted by Gasteiger charge is 2.16. The number of nitrogens with zero attached hydrogens (tertiary/aromatic N) is 3. The molecular weight excluding hydrogens is 332 g/mol. The van der Waals surface area contributed by atoms with Crippen LogP contribution >= 0.6 is 0 Å². The molecule has 0 aliphatic heterocycles. The predicted molar refractivity (Wildman–Crippen MR) is 114 cm³/mol. The van der Waals surface area contributed by atoms with E-state index in [9.17, 15) is 0 Å². The Kier molecular flexibility index (Phi) is 5.75. The van der Waals surface area contributed by atoms with E-state index >= 15 is 0 Å². The van der Waals surface area contributed by atoms with Gasteiger partial charge in [-0.2, -0.15) is 4.98 Å². The molecule has 0 saturated heterocycles. The monoisotopic (exact) mass is 360 g/mol. The molecule has 0 amide bonds. The minimum absolute atomic E-state index is 0.0734. The molecule has 3 rings (SSSR count). The average Bonchev–Trinajstić information content (AvgIpc) is 2.66. The number of rotatable bonds is 6. The number of hydrogen-bond acceptors (Lipinski definition) is 4. The van der Waals surface area contributed by atoms with Gasteiger partial charge in [-0.1, -0.05) is 60.7 Å². The Labute approximate surface area is 162 Å². The fraction of sp³-hybridized carbons (Fsp3) is 0.304. The summed E-state index contributed by atoms with van der Waals surface area (Å²) < 4.78 is 0. The van der Waals surface area contributed by atoms with Gasteiger partial charge < -0.3 is 10.2 Å². The molecular formula is C23H28N4. The summed E-state index contributed by atoms with van der Waals surface area (Å²) in [5.41, 5.74) is 3.20. The Morgan fingerprint density at radius 1 is 0.889 bits per heavy atom. The summed E-state index contributed by atoms with van der Waals surface area (Å²) in [6, 6.07) is 22.7. The standard InChI is InChI=1S/C23H28N4/c1-5-27(17-18-12-8-6-9-13-18)22-24-20(19-14-10-7-11-15-19)16-21(25-22)26-23(2,3)4/h6-16H,5,17H2,1-4H3,(H,24,25,26). The van der Waals surface area contributed by atoms with E-state index in [2.05, 4.69) is 74.3 Å². The Hall–Kier alpha value is -2.88. The van der Waals surface area contributed by atoms with Gasteiger partial charge in [-0.15, -0.1) is 0 Å². The first kappa shape index (κ1) is 18.9. The lowest BCUT2D eigenvalue weighted by molar-refractivity contribution is 0.629. The highest BCUT2D eigenvalue weighted by molar-refractivity contribution is 5.64. The van der Waals surface area contributed by atoms with Crippen LogP contribution in [0, 0.1) is 0 Å². The Morgan fingerprint density at radius 3 is 2.11 bits per heavy atom. The summed E-state index contributed by atoms with van der Waals surface area (Å²) in [4.78, 5) is 11.9. The quantitative estimate of drug-likeness (QED) is 0.641. The third kappa shape index (κ3) is 5.30. The van der Waals surface area contributed by atoms with E-state index in [1.165, 1.54) is 5.56 Å². The molecule has 2 aromatic carbocycles. The Balaban J connectivity index is 2.00. The first-order valence-corrected chi connectivity index (χ1v) is 9.46. The zero-order valence-corrected chi connectivity index (χ0v) is 16.6. The molecule has 140 valence electrons. The van der Waals surface area contributed by atoms with Crippen molar-refractivity contribution in [3.63, 3.8) is 0 Å². The van der Waals surface area contributed by atoms with Crippen LogP contribution < -0.4 is 10.2 Å². The molecule has 0 saturated carbocycles. The summed E-state index contributed by atoms with van der Waals surface area (Å²) in [6.45, 7) is 10.2. The van der Waals surface area contributed by atoms with Crippen molar-refractivity contribution in [2.24, 2.45) is 0 Å². The van der Waals surface area contributed by atoms with Crippen molar-refractivity contribution in [2.75, 3.05) is 16.8 Å². The topological polar surface area (TPSA) is 41.1 Å². The van der Waals surface area contributed by atoms with Gasteiger partial charge in [0.15, 0.2) is 0 Å². The van der Waals surface area contributed by atoms with Gasteiger partial charge in [0, 0.05) is 30.3 Å². The van der Waals surface area contributed by atoms with Crippen LogP contribution in [0.15, 0.2) is 66.7 Å². The van der Waals surface area contributed by atoms with Crippen LogP contribution in [0.4, 0.5) is 11.8 Å². The number of hydrogen-bond donors (Lipinski definition) is 1. The van der Waals surface area contributed by atoms with E-state index in [4.69, 9.17) is 9.97 Å². The molecule has 0 unspecified atom stereocenters. The zero-order chi connectivity index (χ0) is 19.3. The summed E-state index contributed by atoms with van der Waals surface area (Å²) in [7, 11) is 0. The maximum Gasteiger partial charge on any atom is 0.228 e. The molecule has 1 aromatic heterocycles. The molecule has 0 aliphatic rings. The molecule has 0 fully saturated rings. The van der Waals surface area contributed by atoms with E-state index in [-0.39, 0.29) is 5.54 Å². The maximum absolute atomic E-state index is 4.88. The molecule has 1 N–H and O–H groups in total. The molecule has 4 nitrogen and oxygen atoms in total. The number of aromatic nitrogens is 2. The van der Waals surface area contributed by atoms with Gasteiger partial charge in [-0.25, -0.2) is 4.98 Å². The second-order valence-electron chi connectivity index (χ2n) is 7.68. The van der Waals surface area contributed by atoms with Crippen LogP contribution in [0.5, 0.6) is 0 Å². The van der Waals surface area contributed by atoms with Crippen molar-refractivity contribution in [2.45, 2.75) is 39.8 Å². The van der Waals surface area contributed by atoms with E-state index < -0.39 is 0 Å². The molecule has 0 atom stereocenters. The minimum Gasteiger partial charge on any atom is -0.365 e. The van der Waals surface area contributed by atoms with Crippen LogP contribution in [0.1, 0.15) is 33.3 Å². The van der Waals surface area contributed by atoms with Crippen LogP contribution in [-0.2, 0) is 6.54 Å². The summed E-state index contributed by atoms with van der Waals surface area (Å²) >= 11 is 0. The van der Waals surface area contributed by atoms with Crippen molar-refractivity contribution in [1.29, 1.82) is 0 Å². The summed E-state index contributed by atoms with van der Waals surface area (Å²) in [5, 5.41) is 3.50. The molecule has 0 aliphatic carbocycles. The first-order valence-electron chi connectivity index (χ1n) is 9.46. The highest BCUT2D eigenvalue weighted by atomic mass is 15.3. The largest absolute Gasteiger partial charge is 0.365 e. The molecule has 1 heterocycles. The van der Waals surface area contributed by atoms with Crippen LogP contribution in [-0.4, -0.2) is 22.1 Å². The molecule has 3 aromatic rings. The fourth-order valence-electron chi connectivity index (χ4n) is 2.91.